The van der Waals surface area contributed by atoms with Gasteiger partial charge >= 0.3 is 0 Å². The van der Waals surface area contributed by atoms with Crippen LogP contribution in [0.5, 0.6) is 0 Å². The van der Waals surface area contributed by atoms with E-state index in [0.717, 1.165) is 33.2 Å². The molecule has 4 nitrogen and oxygen atoms in total. The van der Waals surface area contributed by atoms with Crippen LogP contribution in [-0.2, 0) is 13.5 Å². The summed E-state index contributed by atoms with van der Waals surface area (Å²) < 4.78 is 3.09. The fourth-order valence-corrected chi connectivity index (χ4v) is 3.33. The average Bonchev–Trinajstić information content (AvgIpc) is 2.73. The zero-order valence-electron chi connectivity index (χ0n) is 11.9. The van der Waals surface area contributed by atoms with E-state index in [1.807, 2.05) is 18.5 Å². The van der Waals surface area contributed by atoms with E-state index in [2.05, 4.69) is 51.3 Å². The van der Waals surface area contributed by atoms with Crippen molar-refractivity contribution in [3.63, 3.8) is 0 Å². The molecule has 1 unspecified atom stereocenters. The molecule has 0 aliphatic heterocycles. The quantitative estimate of drug-likeness (QED) is 0.894. The van der Waals surface area contributed by atoms with Crippen molar-refractivity contribution in [1.29, 1.82) is 0 Å². The van der Waals surface area contributed by atoms with Crippen LogP contribution < -0.4 is 5.73 Å². The van der Waals surface area contributed by atoms with E-state index in [0.29, 0.717) is 0 Å². The van der Waals surface area contributed by atoms with Crippen molar-refractivity contribution in [1.82, 2.24) is 14.8 Å². The summed E-state index contributed by atoms with van der Waals surface area (Å²) in [5.41, 5.74) is 7.26. The molecule has 1 aromatic heterocycles. The Kier molecular flexibility index (Phi) is 5.23. The molecule has 0 saturated heterocycles. The summed E-state index contributed by atoms with van der Waals surface area (Å²) in [6, 6.07) is 6.57. The maximum atomic E-state index is 6.01. The Balaban J connectivity index is 2.15. The topological polar surface area (TPSA) is 56.7 Å². The lowest BCUT2D eigenvalue weighted by atomic mass is 10.1. The van der Waals surface area contributed by atoms with Gasteiger partial charge in [-0.25, -0.2) is 0 Å². The maximum absolute atomic E-state index is 6.01. The van der Waals surface area contributed by atoms with Gasteiger partial charge in [0.05, 0.1) is 0 Å². The predicted octanol–water partition coefficient (Wildman–Crippen LogP) is 3.32. The Labute approximate surface area is 132 Å². The van der Waals surface area contributed by atoms with Gasteiger partial charge in [0.1, 0.15) is 5.82 Å². The first kappa shape index (κ1) is 15.5. The van der Waals surface area contributed by atoms with Gasteiger partial charge in [-0.15, -0.1) is 10.2 Å². The molecular formula is C14H19BrN4S. The van der Waals surface area contributed by atoms with Crippen LogP contribution in [0, 0.1) is 6.92 Å². The Hall–Kier alpha value is -0.850. The van der Waals surface area contributed by atoms with Crippen molar-refractivity contribution in [3.8, 4) is 0 Å². The number of nitrogens with zero attached hydrogens (tertiary/aromatic N) is 3. The molecule has 108 valence electrons. The smallest absolute Gasteiger partial charge is 0.195 e. The standard InChI is InChI=1S/C14H19BrN4S/c1-4-11(16)7-10-5-6-12(8-13(10)15)20-14-18-17-9(2)19(14)3/h5-6,8,11H,4,7,16H2,1-3H3. The number of hydrogen-bond acceptors (Lipinski definition) is 4. The molecule has 1 heterocycles. The first-order valence-electron chi connectivity index (χ1n) is 6.59. The molecule has 0 aliphatic rings. The highest BCUT2D eigenvalue weighted by atomic mass is 79.9. The van der Waals surface area contributed by atoms with Crippen molar-refractivity contribution in [2.45, 2.75) is 42.8 Å². The molecule has 2 aromatic rings. The molecular weight excluding hydrogens is 336 g/mol. The van der Waals surface area contributed by atoms with Crippen LogP contribution in [-0.4, -0.2) is 20.8 Å². The Morgan fingerprint density at radius 1 is 1.40 bits per heavy atom. The minimum absolute atomic E-state index is 0.214. The van der Waals surface area contributed by atoms with Gasteiger partial charge in [-0.05, 0) is 49.2 Å². The number of benzene rings is 1. The normalized spacial score (nSPS) is 12.7. The van der Waals surface area contributed by atoms with Gasteiger partial charge in [0, 0.05) is 22.5 Å². The monoisotopic (exact) mass is 354 g/mol. The number of rotatable bonds is 5. The first-order chi connectivity index (χ1) is 9.51. The van der Waals surface area contributed by atoms with Gasteiger partial charge in [-0.3, -0.25) is 0 Å². The van der Waals surface area contributed by atoms with E-state index in [4.69, 9.17) is 5.73 Å². The SMILES string of the molecule is CCC(N)Cc1ccc(Sc2nnc(C)n2C)cc1Br. The van der Waals surface area contributed by atoms with E-state index in [1.165, 1.54) is 5.56 Å². The summed E-state index contributed by atoms with van der Waals surface area (Å²) in [6.45, 7) is 4.06. The minimum Gasteiger partial charge on any atom is -0.327 e. The molecule has 0 bridgehead atoms. The molecule has 1 aromatic carbocycles. The second-order valence-corrected chi connectivity index (χ2v) is 6.71. The number of nitrogens with two attached hydrogens (primary N) is 1. The van der Waals surface area contributed by atoms with Crippen LogP contribution in [0.25, 0.3) is 0 Å². The molecule has 2 N–H and O–H groups in total. The van der Waals surface area contributed by atoms with Crippen LogP contribution >= 0.6 is 27.7 Å². The molecule has 0 radical (unpaired) electrons. The summed E-state index contributed by atoms with van der Waals surface area (Å²) in [6.07, 6.45) is 1.88. The lowest BCUT2D eigenvalue weighted by Gasteiger charge is -2.11. The van der Waals surface area contributed by atoms with Crippen molar-refractivity contribution < 1.29 is 0 Å². The van der Waals surface area contributed by atoms with Gasteiger partial charge < -0.3 is 10.3 Å². The van der Waals surface area contributed by atoms with Gasteiger partial charge in [0.25, 0.3) is 0 Å². The van der Waals surface area contributed by atoms with Crippen LogP contribution in [0.15, 0.2) is 32.7 Å². The van der Waals surface area contributed by atoms with E-state index in [9.17, 15) is 0 Å². The minimum atomic E-state index is 0.214. The summed E-state index contributed by atoms with van der Waals surface area (Å²) in [4.78, 5) is 1.14. The third-order valence-electron chi connectivity index (χ3n) is 3.29. The van der Waals surface area contributed by atoms with Crippen LogP contribution in [0.3, 0.4) is 0 Å². The summed E-state index contributed by atoms with van der Waals surface area (Å²) in [5.74, 6) is 0.914. The van der Waals surface area contributed by atoms with Gasteiger partial charge in [0.2, 0.25) is 0 Å². The molecule has 0 saturated carbocycles. The lowest BCUT2D eigenvalue weighted by Crippen LogP contribution is -2.21. The van der Waals surface area contributed by atoms with Gasteiger partial charge in [-0.2, -0.15) is 0 Å². The highest BCUT2D eigenvalue weighted by Gasteiger charge is 2.10. The van der Waals surface area contributed by atoms with Crippen LogP contribution in [0.4, 0.5) is 0 Å². The van der Waals surface area contributed by atoms with Crippen molar-refractivity contribution in [2.24, 2.45) is 12.8 Å². The summed E-state index contributed by atoms with van der Waals surface area (Å²) >= 11 is 5.24. The van der Waals surface area contributed by atoms with E-state index >= 15 is 0 Å². The van der Waals surface area contributed by atoms with Crippen molar-refractivity contribution in [3.05, 3.63) is 34.1 Å². The molecule has 6 heteroatoms. The molecule has 1 atom stereocenters. The summed E-state index contributed by atoms with van der Waals surface area (Å²) in [7, 11) is 1.97. The molecule has 20 heavy (non-hydrogen) atoms. The molecule has 2 rings (SSSR count). The lowest BCUT2D eigenvalue weighted by molar-refractivity contribution is 0.645. The average molecular weight is 355 g/mol. The Morgan fingerprint density at radius 3 is 2.70 bits per heavy atom. The van der Waals surface area contributed by atoms with Crippen molar-refractivity contribution in [2.75, 3.05) is 0 Å². The maximum Gasteiger partial charge on any atom is 0.195 e. The predicted molar refractivity (Wildman–Crippen MR) is 86.0 cm³/mol. The molecule has 0 spiro atoms. The third-order valence-corrected chi connectivity index (χ3v) is 5.06. The highest BCUT2D eigenvalue weighted by molar-refractivity contribution is 9.10. The fraction of sp³-hybridized carbons (Fsp3) is 0.429. The van der Waals surface area contributed by atoms with Gasteiger partial charge in [-0.1, -0.05) is 28.9 Å². The molecule has 0 fully saturated rings. The van der Waals surface area contributed by atoms with E-state index in [1.54, 1.807) is 11.8 Å². The zero-order valence-corrected chi connectivity index (χ0v) is 14.3. The highest BCUT2D eigenvalue weighted by Crippen LogP contribution is 2.30. The molecule has 0 amide bonds. The zero-order chi connectivity index (χ0) is 14.7. The van der Waals surface area contributed by atoms with Gasteiger partial charge in [0.15, 0.2) is 5.16 Å². The first-order valence-corrected chi connectivity index (χ1v) is 8.20. The van der Waals surface area contributed by atoms with E-state index in [-0.39, 0.29) is 6.04 Å². The Morgan fingerprint density at radius 2 is 2.15 bits per heavy atom. The summed E-state index contributed by atoms with van der Waals surface area (Å²) in [5, 5.41) is 9.13. The van der Waals surface area contributed by atoms with Crippen LogP contribution in [0.1, 0.15) is 24.7 Å². The van der Waals surface area contributed by atoms with Crippen molar-refractivity contribution >= 4 is 27.7 Å². The largest absolute Gasteiger partial charge is 0.327 e. The fourth-order valence-electron chi connectivity index (χ4n) is 1.77. The number of hydrogen-bond donors (Lipinski definition) is 1. The number of aryl methyl sites for hydroxylation is 1. The second kappa shape index (κ2) is 6.74. The van der Waals surface area contributed by atoms with Crippen LogP contribution in [0.2, 0.25) is 0 Å². The second-order valence-electron chi connectivity index (χ2n) is 4.82. The number of aromatic nitrogens is 3. The number of halogens is 1. The van der Waals surface area contributed by atoms with E-state index < -0.39 is 0 Å². The molecule has 0 aliphatic carbocycles. The Bertz CT molecular complexity index is 597. The third kappa shape index (κ3) is 3.62.